The number of aryl methyl sites for hydroxylation is 1. The van der Waals surface area contributed by atoms with Gasteiger partial charge in [0, 0.05) is 74.6 Å². The predicted octanol–water partition coefficient (Wildman–Crippen LogP) is 9.43. The molecular weight excluding hydrogens is 944 g/mol. The van der Waals surface area contributed by atoms with Gasteiger partial charge in [0.05, 0.1) is 45.4 Å². The number of aromatic nitrogens is 2. The number of anilines is 1. The van der Waals surface area contributed by atoms with Crippen molar-refractivity contribution in [2.75, 3.05) is 44.3 Å². The maximum atomic E-state index is 14.3. The lowest BCUT2D eigenvalue weighted by molar-refractivity contribution is -0.159. The molecule has 13 nitrogen and oxygen atoms in total. The molecule has 2 aromatic heterocycles. The Kier molecular flexibility index (Phi) is 16.8. The molecule has 72 heavy (non-hydrogen) atoms. The van der Waals surface area contributed by atoms with Gasteiger partial charge in [0.25, 0.3) is 0 Å². The van der Waals surface area contributed by atoms with E-state index in [-0.39, 0.29) is 65.6 Å². The minimum atomic E-state index is -0.854. The van der Waals surface area contributed by atoms with Gasteiger partial charge in [-0.25, -0.2) is 9.97 Å². The van der Waals surface area contributed by atoms with Gasteiger partial charge >= 0.3 is 0 Å². The zero-order valence-corrected chi connectivity index (χ0v) is 45.7. The van der Waals surface area contributed by atoms with E-state index in [1.54, 1.807) is 28.5 Å². The van der Waals surface area contributed by atoms with Crippen LogP contribution in [0.1, 0.15) is 121 Å². The van der Waals surface area contributed by atoms with E-state index >= 15 is 0 Å². The van der Waals surface area contributed by atoms with Gasteiger partial charge in [-0.3, -0.25) is 19.3 Å². The number of β-amino-alcohol motifs (C(OH)–C–C–N with tert-alkyl or cyclic N) is 1. The second-order valence-electron chi connectivity index (χ2n) is 22.9. The summed E-state index contributed by atoms with van der Waals surface area (Å²) in [5.41, 5.74) is 7.11. The SMILES string of the molecule is C=C(N[C@@H](C)c1ccc(-c2scnc2C)cc1)[C@@H]1C[C@@H](O)CN1C(=O)[C@@H](NC(=O)COCCN1C[C@@H](C)N(c2ccc(C(=O)CC3C(C)(C)C(Cc4ccc(C#N)c(Cl)c4)C3(C)C)cn2)[C@@H](C)C1)C(C)(C)C. The number of aliphatic hydroxyl groups excluding tert-OH is 1. The van der Waals surface area contributed by atoms with E-state index in [2.05, 4.69) is 104 Å². The van der Waals surface area contributed by atoms with E-state index in [0.29, 0.717) is 53.8 Å². The molecule has 1 aliphatic carbocycles. The van der Waals surface area contributed by atoms with Gasteiger partial charge in [-0.15, -0.1) is 11.3 Å². The number of thiazole rings is 1. The van der Waals surface area contributed by atoms with Gasteiger partial charge in [-0.1, -0.05) is 97.0 Å². The third-order valence-electron chi connectivity index (χ3n) is 15.9. The van der Waals surface area contributed by atoms with Crippen LogP contribution >= 0.6 is 22.9 Å². The van der Waals surface area contributed by atoms with Crippen molar-refractivity contribution >= 4 is 46.4 Å². The van der Waals surface area contributed by atoms with E-state index in [1.165, 1.54) is 0 Å². The number of likely N-dealkylation sites (tertiary alicyclic amines) is 1. The number of ketones is 1. The highest BCUT2D eigenvalue weighted by Crippen LogP contribution is 2.65. The summed E-state index contributed by atoms with van der Waals surface area (Å²) < 4.78 is 5.92. The van der Waals surface area contributed by atoms with Crippen LogP contribution in [0, 0.1) is 46.3 Å². The quantitative estimate of drug-likeness (QED) is 0.0643. The van der Waals surface area contributed by atoms with Crippen LogP contribution in [0.25, 0.3) is 10.4 Å². The first-order valence-electron chi connectivity index (χ1n) is 25.4. The number of hydrogen-bond donors (Lipinski definition) is 3. The van der Waals surface area contributed by atoms with Gasteiger partial charge in [0.15, 0.2) is 5.78 Å². The Morgan fingerprint density at radius 3 is 2.25 bits per heavy atom. The van der Waals surface area contributed by atoms with Crippen LogP contribution in [-0.4, -0.2) is 112 Å². The van der Waals surface area contributed by atoms with Gasteiger partial charge < -0.3 is 30.3 Å². The summed E-state index contributed by atoms with van der Waals surface area (Å²) in [7, 11) is 0. The van der Waals surface area contributed by atoms with Crippen LogP contribution in [0.4, 0.5) is 5.82 Å². The number of ether oxygens (including phenoxy) is 1. The van der Waals surface area contributed by atoms with Gasteiger partial charge in [-0.2, -0.15) is 5.26 Å². The van der Waals surface area contributed by atoms with Crippen molar-refractivity contribution < 1.29 is 24.2 Å². The second-order valence-corrected chi connectivity index (χ2v) is 24.1. The average molecular weight is 1020 g/mol. The first-order valence-corrected chi connectivity index (χ1v) is 26.7. The number of hydrogen-bond acceptors (Lipinski definition) is 12. The van der Waals surface area contributed by atoms with Crippen LogP contribution in [0.5, 0.6) is 0 Å². The number of amides is 2. The van der Waals surface area contributed by atoms with Crippen LogP contribution in [0.3, 0.4) is 0 Å². The van der Waals surface area contributed by atoms with Crippen LogP contribution in [0.2, 0.25) is 5.02 Å². The molecule has 4 heterocycles. The highest BCUT2D eigenvalue weighted by molar-refractivity contribution is 7.13. The largest absolute Gasteiger partial charge is 0.391 e. The predicted molar refractivity (Wildman–Crippen MR) is 287 cm³/mol. The average Bonchev–Trinajstić information content (AvgIpc) is 3.94. The van der Waals surface area contributed by atoms with E-state index in [4.69, 9.17) is 21.3 Å². The molecule has 2 aliphatic heterocycles. The van der Waals surface area contributed by atoms with E-state index in [0.717, 1.165) is 52.6 Å². The number of piperazine rings is 1. The van der Waals surface area contributed by atoms with Crippen molar-refractivity contribution in [2.24, 2.45) is 28.1 Å². The maximum Gasteiger partial charge on any atom is 0.246 e. The Labute approximate surface area is 436 Å². The Morgan fingerprint density at radius 1 is 0.986 bits per heavy atom. The molecule has 4 aromatic rings. The Balaban J connectivity index is 0.860. The van der Waals surface area contributed by atoms with Crippen molar-refractivity contribution in [1.82, 2.24) is 30.4 Å². The number of carbonyl (C=O) groups excluding carboxylic acids is 3. The molecule has 0 spiro atoms. The molecule has 386 valence electrons. The number of rotatable bonds is 18. The molecule has 2 saturated heterocycles. The van der Waals surface area contributed by atoms with E-state index in [1.807, 2.05) is 64.4 Å². The molecule has 2 amide bonds. The fourth-order valence-electron chi connectivity index (χ4n) is 12.2. The van der Waals surface area contributed by atoms with Gasteiger partial charge in [0.2, 0.25) is 11.8 Å². The molecule has 0 bridgehead atoms. The van der Waals surface area contributed by atoms with Crippen LogP contribution in [0.15, 0.2) is 78.6 Å². The molecule has 0 radical (unpaired) electrons. The molecule has 3 N–H and O–H groups in total. The zero-order valence-electron chi connectivity index (χ0n) is 44.1. The Hall–Kier alpha value is -5.17. The number of aliphatic hydroxyl groups is 1. The van der Waals surface area contributed by atoms with Crippen LogP contribution in [-0.2, 0) is 20.7 Å². The minimum Gasteiger partial charge on any atom is -0.391 e. The minimum absolute atomic E-state index is 0.0685. The third-order valence-corrected chi connectivity index (χ3v) is 17.2. The molecule has 3 aliphatic rings. The number of halogens is 1. The number of nitrogens with zero attached hydrogens (tertiary/aromatic N) is 6. The summed E-state index contributed by atoms with van der Waals surface area (Å²) in [6.45, 7) is 30.0. The fraction of sp³-hybridized carbons (Fsp3) is 0.544. The lowest BCUT2D eigenvalue weighted by atomic mass is 9.39. The normalized spacial score (nSPS) is 23.7. The summed E-state index contributed by atoms with van der Waals surface area (Å²) >= 11 is 7.98. The molecule has 2 aromatic carbocycles. The van der Waals surface area contributed by atoms with Crippen molar-refractivity contribution in [3.05, 3.63) is 112 Å². The standard InChI is InChI=1S/C57H75ClN8O5S/c1-34-29-64(30-35(2)66(34)50-20-19-43(28-60-50)47(68)26-49-56(9,10)48(57(49,11)12)24-39-13-14-42(27-59)45(58)23-39)21-22-71-32-51(69)63-53(55(6,7)8)54(70)65-31-44(67)25-46(65)37(4)62-36(3)40-15-17-41(18-16-40)52-38(5)61-33-72-52/h13-20,23,28,33-36,44,46,48-49,53,62,67H,4,21-22,24-26,29-32H2,1-3,5-12H3,(H,63,69)/t34-,35+,36-,44+,46-,48?,49?,53+/m0/s1. The number of carbonyl (C=O) groups is 3. The first-order chi connectivity index (χ1) is 33.9. The van der Waals surface area contributed by atoms with Gasteiger partial charge in [-0.05, 0) is 103 Å². The van der Waals surface area contributed by atoms with Gasteiger partial charge in [0.1, 0.15) is 24.5 Å². The molecular formula is C57H75ClN8O5S. The smallest absolute Gasteiger partial charge is 0.246 e. The highest BCUT2D eigenvalue weighted by Gasteiger charge is 2.61. The summed E-state index contributed by atoms with van der Waals surface area (Å²) in [5.74, 6) is 0.818. The summed E-state index contributed by atoms with van der Waals surface area (Å²) in [6, 6.07) is 18.9. The summed E-state index contributed by atoms with van der Waals surface area (Å²) in [5, 5.41) is 27.1. The van der Waals surface area contributed by atoms with Crippen molar-refractivity contribution in [3.8, 4) is 16.5 Å². The van der Waals surface area contributed by atoms with Crippen molar-refractivity contribution in [3.63, 3.8) is 0 Å². The summed E-state index contributed by atoms with van der Waals surface area (Å²) in [4.78, 5) is 58.1. The number of pyridine rings is 1. The van der Waals surface area contributed by atoms with E-state index in [9.17, 15) is 24.8 Å². The number of Topliss-reactive ketones (excluding diaryl/α,β-unsaturated/α-hetero) is 1. The Bertz CT molecular complexity index is 2610. The van der Waals surface area contributed by atoms with Crippen LogP contribution < -0.4 is 15.5 Å². The lowest BCUT2D eigenvalue weighted by Gasteiger charge is -2.65. The third kappa shape index (κ3) is 11.9. The molecule has 7 rings (SSSR count). The summed E-state index contributed by atoms with van der Waals surface area (Å²) in [6.07, 6.45) is 2.63. The van der Waals surface area contributed by atoms with E-state index < -0.39 is 23.6 Å². The second kappa shape index (κ2) is 22.1. The lowest BCUT2D eigenvalue weighted by Crippen LogP contribution is -2.60. The molecule has 6 atom stereocenters. The highest BCUT2D eigenvalue weighted by atomic mass is 35.5. The zero-order chi connectivity index (χ0) is 52.4. The van der Waals surface area contributed by atoms with Crippen molar-refractivity contribution in [1.29, 1.82) is 5.26 Å². The molecule has 3 fully saturated rings. The number of benzene rings is 2. The molecule has 1 saturated carbocycles. The fourth-order valence-corrected chi connectivity index (χ4v) is 13.2. The number of nitrogens with one attached hydrogen (secondary N) is 2. The number of nitriles is 1. The van der Waals surface area contributed by atoms with Crippen molar-refractivity contribution in [2.45, 2.75) is 132 Å². The molecule has 15 heteroatoms. The Morgan fingerprint density at radius 2 is 1.67 bits per heavy atom. The topological polar surface area (TPSA) is 164 Å². The monoisotopic (exact) mass is 1020 g/mol. The maximum absolute atomic E-state index is 14.3. The first kappa shape index (κ1) is 54.6. The molecule has 0 unspecified atom stereocenters.